The number of carbonyl (C=O) groups excluding carboxylic acids is 2. The van der Waals surface area contributed by atoms with Crippen molar-refractivity contribution in [2.24, 2.45) is 5.92 Å². The molecule has 1 saturated heterocycles. The van der Waals surface area contributed by atoms with Crippen molar-refractivity contribution < 1.29 is 9.59 Å². The number of nitrogens with one attached hydrogen (secondary N) is 1. The Morgan fingerprint density at radius 1 is 1.42 bits per heavy atom. The molecule has 2 aliphatic heterocycles. The summed E-state index contributed by atoms with van der Waals surface area (Å²) >= 11 is 3.48. The number of halogens is 1. The molecule has 6 nitrogen and oxygen atoms in total. The number of hydrogen-bond acceptors (Lipinski definition) is 4. The summed E-state index contributed by atoms with van der Waals surface area (Å²) < 4.78 is 0.822. The number of rotatable bonds is 4. The lowest BCUT2D eigenvalue weighted by molar-refractivity contribution is -0.121. The third-order valence-corrected chi connectivity index (χ3v) is 5.74. The van der Waals surface area contributed by atoms with Gasteiger partial charge in [0.2, 0.25) is 5.91 Å². The van der Waals surface area contributed by atoms with Gasteiger partial charge in [0.15, 0.2) is 0 Å². The summed E-state index contributed by atoms with van der Waals surface area (Å²) in [5.74, 6) is -0.247. The number of nitriles is 1. The number of fused-ring (bicyclic) bond motifs is 1. The number of nitrogens with zero attached hydrogens (tertiary/aromatic N) is 3. The van der Waals surface area contributed by atoms with E-state index in [0.717, 1.165) is 36.0 Å². The Balaban J connectivity index is 1.80. The zero-order chi connectivity index (χ0) is 18.8. The Morgan fingerprint density at radius 2 is 2.12 bits per heavy atom. The maximum atomic E-state index is 12.8. The molecule has 2 aliphatic rings. The van der Waals surface area contributed by atoms with Crippen LogP contribution in [0, 0.1) is 17.2 Å². The molecule has 136 valence electrons. The van der Waals surface area contributed by atoms with E-state index in [1.54, 1.807) is 11.0 Å². The van der Waals surface area contributed by atoms with Gasteiger partial charge >= 0.3 is 0 Å². The van der Waals surface area contributed by atoms with Crippen LogP contribution in [0.1, 0.15) is 28.8 Å². The van der Waals surface area contributed by atoms with Gasteiger partial charge < -0.3 is 15.1 Å². The molecule has 1 N–H and O–H groups in total. The molecule has 0 saturated carbocycles. The highest BCUT2D eigenvalue weighted by Crippen LogP contribution is 2.35. The second-order valence-electron chi connectivity index (χ2n) is 6.89. The second kappa shape index (κ2) is 7.60. The van der Waals surface area contributed by atoms with Crippen LogP contribution in [0.5, 0.6) is 0 Å². The van der Waals surface area contributed by atoms with Gasteiger partial charge in [-0.3, -0.25) is 9.59 Å². The molecule has 1 aromatic rings. The van der Waals surface area contributed by atoms with Crippen LogP contribution in [0.15, 0.2) is 28.8 Å². The monoisotopic (exact) mass is 416 g/mol. The largest absolute Gasteiger partial charge is 0.329 e. The Kier molecular flexibility index (Phi) is 5.44. The molecule has 0 bridgehead atoms. The van der Waals surface area contributed by atoms with E-state index in [0.29, 0.717) is 23.4 Å². The van der Waals surface area contributed by atoms with Crippen molar-refractivity contribution in [3.63, 3.8) is 0 Å². The van der Waals surface area contributed by atoms with Gasteiger partial charge in [-0.2, -0.15) is 5.26 Å². The first kappa shape index (κ1) is 18.6. The molecule has 1 fully saturated rings. The SMILES string of the molecule is C=C(C#N)CN1Cc2c(Br)ccc(NC(=O)C3CCN(C)CC3)c2C1=O. The number of carbonyl (C=O) groups is 2. The van der Waals surface area contributed by atoms with E-state index < -0.39 is 0 Å². The van der Waals surface area contributed by atoms with Crippen molar-refractivity contribution >= 4 is 33.4 Å². The van der Waals surface area contributed by atoms with Crippen molar-refractivity contribution in [3.8, 4) is 6.07 Å². The minimum atomic E-state index is -0.184. The van der Waals surface area contributed by atoms with E-state index in [9.17, 15) is 9.59 Å². The summed E-state index contributed by atoms with van der Waals surface area (Å²) in [5, 5.41) is 11.9. The molecule has 0 aromatic heterocycles. The minimum absolute atomic E-state index is 0.0310. The van der Waals surface area contributed by atoms with E-state index in [1.807, 2.05) is 12.1 Å². The highest BCUT2D eigenvalue weighted by molar-refractivity contribution is 9.10. The molecule has 0 unspecified atom stereocenters. The van der Waals surface area contributed by atoms with Gasteiger partial charge in [0, 0.05) is 28.1 Å². The zero-order valence-corrected chi connectivity index (χ0v) is 16.3. The topological polar surface area (TPSA) is 76.4 Å². The van der Waals surface area contributed by atoms with Gasteiger partial charge in [-0.1, -0.05) is 22.5 Å². The fraction of sp³-hybridized carbons (Fsp3) is 0.421. The Bertz CT molecular complexity index is 806. The molecule has 1 aromatic carbocycles. The number of amides is 2. The average molecular weight is 417 g/mol. The van der Waals surface area contributed by atoms with E-state index in [1.165, 1.54) is 0 Å². The Labute approximate surface area is 161 Å². The average Bonchev–Trinajstić information content (AvgIpc) is 2.95. The quantitative estimate of drug-likeness (QED) is 0.765. The van der Waals surface area contributed by atoms with Gasteiger partial charge in [0.1, 0.15) is 0 Å². The van der Waals surface area contributed by atoms with Crippen LogP contribution in [0.2, 0.25) is 0 Å². The predicted octanol–water partition coefficient (Wildman–Crippen LogP) is 2.76. The second-order valence-corrected chi connectivity index (χ2v) is 7.75. The first-order valence-electron chi connectivity index (χ1n) is 8.58. The highest BCUT2D eigenvalue weighted by atomic mass is 79.9. The predicted molar refractivity (Wildman–Crippen MR) is 102 cm³/mol. The van der Waals surface area contributed by atoms with Crippen LogP contribution in [0.25, 0.3) is 0 Å². The molecule has 3 rings (SSSR count). The number of piperidine rings is 1. The third-order valence-electron chi connectivity index (χ3n) is 4.99. The lowest BCUT2D eigenvalue weighted by Gasteiger charge is -2.28. The molecule has 26 heavy (non-hydrogen) atoms. The van der Waals surface area contributed by atoms with Crippen LogP contribution in [-0.2, 0) is 11.3 Å². The van der Waals surface area contributed by atoms with Crippen molar-refractivity contribution in [1.82, 2.24) is 9.80 Å². The normalized spacial score (nSPS) is 17.7. The van der Waals surface area contributed by atoms with Gasteiger partial charge in [-0.05, 0) is 45.1 Å². The number of anilines is 1. The molecule has 2 amide bonds. The van der Waals surface area contributed by atoms with Crippen LogP contribution in [0.3, 0.4) is 0 Å². The lowest BCUT2D eigenvalue weighted by atomic mass is 9.96. The van der Waals surface area contributed by atoms with Gasteiger partial charge in [-0.15, -0.1) is 0 Å². The van der Waals surface area contributed by atoms with Crippen molar-refractivity contribution in [2.45, 2.75) is 19.4 Å². The summed E-state index contributed by atoms with van der Waals surface area (Å²) in [5.41, 5.74) is 2.22. The number of likely N-dealkylation sites (tertiary alicyclic amines) is 1. The standard InChI is InChI=1S/C19H21BrN4O2/c1-12(9-21)10-24-11-14-15(20)3-4-16(17(14)19(24)26)22-18(25)13-5-7-23(2)8-6-13/h3-4,13H,1,5-8,10-11H2,2H3,(H,22,25). The van der Waals surface area contributed by atoms with Crippen molar-refractivity contribution in [3.05, 3.63) is 39.9 Å². The van der Waals surface area contributed by atoms with E-state index in [4.69, 9.17) is 5.26 Å². The Hall–Kier alpha value is -2.17. The summed E-state index contributed by atoms with van der Waals surface area (Å²) in [4.78, 5) is 29.3. The molecular formula is C19H21BrN4O2. The first-order chi connectivity index (χ1) is 12.4. The van der Waals surface area contributed by atoms with Crippen LogP contribution >= 0.6 is 15.9 Å². The number of hydrogen-bond donors (Lipinski definition) is 1. The first-order valence-corrected chi connectivity index (χ1v) is 9.38. The molecule has 7 heteroatoms. The fourth-order valence-corrected chi connectivity index (χ4v) is 3.90. The minimum Gasteiger partial charge on any atom is -0.329 e. The summed E-state index contributed by atoms with van der Waals surface area (Å²) in [6.45, 7) is 6.05. The molecular weight excluding hydrogens is 396 g/mol. The molecule has 0 radical (unpaired) electrons. The lowest BCUT2D eigenvalue weighted by Crippen LogP contribution is -2.36. The molecule has 0 atom stereocenters. The van der Waals surface area contributed by atoms with Gasteiger partial charge in [-0.25, -0.2) is 0 Å². The molecule has 0 aliphatic carbocycles. The van der Waals surface area contributed by atoms with E-state index >= 15 is 0 Å². The molecule has 0 spiro atoms. The van der Waals surface area contributed by atoms with Crippen molar-refractivity contribution in [2.75, 3.05) is 32.0 Å². The third kappa shape index (κ3) is 3.67. The smallest absolute Gasteiger partial charge is 0.256 e. The van der Waals surface area contributed by atoms with E-state index in [-0.39, 0.29) is 24.3 Å². The van der Waals surface area contributed by atoms with Gasteiger partial charge in [0.25, 0.3) is 5.91 Å². The van der Waals surface area contributed by atoms with Gasteiger partial charge in [0.05, 0.1) is 23.9 Å². The molecule has 2 heterocycles. The maximum Gasteiger partial charge on any atom is 0.256 e. The zero-order valence-electron chi connectivity index (χ0n) is 14.7. The fourth-order valence-electron chi connectivity index (χ4n) is 3.45. The summed E-state index contributed by atoms with van der Waals surface area (Å²) in [6.07, 6.45) is 1.65. The van der Waals surface area contributed by atoms with Crippen LogP contribution < -0.4 is 5.32 Å². The van der Waals surface area contributed by atoms with Crippen LogP contribution in [-0.4, -0.2) is 48.3 Å². The maximum absolute atomic E-state index is 12.8. The van der Waals surface area contributed by atoms with E-state index in [2.05, 4.69) is 39.8 Å². The van der Waals surface area contributed by atoms with Crippen LogP contribution in [0.4, 0.5) is 5.69 Å². The Morgan fingerprint density at radius 3 is 2.77 bits per heavy atom. The summed E-state index contributed by atoms with van der Waals surface area (Å²) in [7, 11) is 2.05. The summed E-state index contributed by atoms with van der Waals surface area (Å²) in [6, 6.07) is 5.58. The number of benzene rings is 1. The highest BCUT2D eigenvalue weighted by Gasteiger charge is 2.33. The van der Waals surface area contributed by atoms with Crippen molar-refractivity contribution in [1.29, 1.82) is 5.26 Å².